The number of carbonyl (C=O) groups is 1. The van der Waals surface area contributed by atoms with Crippen LogP contribution in [0.1, 0.15) is 32.4 Å². The first-order valence-electron chi connectivity index (χ1n) is 13.1. The number of hydrogen-bond acceptors (Lipinski definition) is 9. The first kappa shape index (κ1) is 25.7. The smallest absolute Gasteiger partial charge is 0.231 e. The van der Waals surface area contributed by atoms with Gasteiger partial charge in [-0.3, -0.25) is 14.4 Å². The number of amides is 1. The molecule has 0 aromatic carbocycles. The molecule has 5 aromatic heterocycles. The molecular weight excluding hydrogens is 555 g/mol. The Morgan fingerprint density at radius 2 is 2.05 bits per heavy atom. The van der Waals surface area contributed by atoms with Crippen molar-refractivity contribution < 1.29 is 18.7 Å². The fourth-order valence-corrected chi connectivity index (χ4v) is 5.13. The van der Waals surface area contributed by atoms with Crippen LogP contribution >= 0.6 is 11.6 Å². The average Bonchev–Trinajstić information content (AvgIpc) is 3.56. The molecule has 5 aromatic rings. The van der Waals surface area contributed by atoms with E-state index in [9.17, 15) is 4.79 Å². The van der Waals surface area contributed by atoms with Crippen molar-refractivity contribution >= 4 is 51.8 Å². The normalized spacial score (nSPS) is 16.2. The Morgan fingerprint density at radius 1 is 1.24 bits per heavy atom. The number of fused-ring (bicyclic) bond motifs is 3. The molecule has 0 spiro atoms. The first-order valence-corrected chi connectivity index (χ1v) is 13.4. The van der Waals surface area contributed by atoms with Crippen LogP contribution < -0.4 is 15.0 Å². The Labute approximate surface area is 237 Å². The molecule has 1 N–H and O–H groups in total. The number of aryl methyl sites for hydroxylation is 1. The van der Waals surface area contributed by atoms with Crippen molar-refractivity contribution in [2.24, 2.45) is 13.0 Å². The minimum Gasteiger partial charge on any atom is -0.450 e. The van der Waals surface area contributed by atoms with Crippen LogP contribution in [0.25, 0.3) is 16.7 Å². The monoisotopic (exact) mass is 580 g/mol. The lowest BCUT2D eigenvalue weighted by Gasteiger charge is -2.30. The maximum atomic E-state index is 15.1. The van der Waals surface area contributed by atoms with Gasteiger partial charge in [0.15, 0.2) is 34.6 Å². The number of imidazole rings is 1. The van der Waals surface area contributed by atoms with Gasteiger partial charge in [0.25, 0.3) is 0 Å². The van der Waals surface area contributed by atoms with E-state index < -0.39 is 11.4 Å². The number of ether oxygens (including phenoxy) is 2. The van der Waals surface area contributed by atoms with Gasteiger partial charge in [-0.2, -0.15) is 15.2 Å². The van der Waals surface area contributed by atoms with E-state index in [0.717, 1.165) is 12.8 Å². The molecule has 7 rings (SSSR count). The largest absolute Gasteiger partial charge is 0.450 e. The van der Waals surface area contributed by atoms with Crippen molar-refractivity contribution in [3.05, 3.63) is 41.3 Å². The highest BCUT2D eigenvalue weighted by Crippen LogP contribution is 2.38. The van der Waals surface area contributed by atoms with E-state index in [1.807, 2.05) is 13.8 Å². The second kappa shape index (κ2) is 9.11. The van der Waals surface area contributed by atoms with Crippen LogP contribution in [-0.4, -0.2) is 57.5 Å². The highest BCUT2D eigenvalue weighted by molar-refractivity contribution is 6.36. The summed E-state index contributed by atoms with van der Waals surface area (Å²) in [7, 11) is 3.44. The summed E-state index contributed by atoms with van der Waals surface area (Å²) < 4.78 is 31.8. The molecule has 13 nitrogen and oxygen atoms in total. The first-order chi connectivity index (χ1) is 19.6. The zero-order chi connectivity index (χ0) is 28.6. The molecule has 1 aliphatic carbocycles. The minimum atomic E-state index is -0.497. The van der Waals surface area contributed by atoms with Gasteiger partial charge in [0.05, 0.1) is 43.5 Å². The Morgan fingerprint density at radius 3 is 2.83 bits per heavy atom. The summed E-state index contributed by atoms with van der Waals surface area (Å²) in [6.07, 6.45) is 8.08. The minimum absolute atomic E-state index is 0.0370. The highest BCUT2D eigenvalue weighted by Gasteiger charge is 2.33. The lowest BCUT2D eigenvalue weighted by Crippen LogP contribution is -2.36. The van der Waals surface area contributed by atoms with Gasteiger partial charge in [-0.05, 0) is 26.7 Å². The van der Waals surface area contributed by atoms with Gasteiger partial charge in [-0.25, -0.2) is 18.9 Å². The van der Waals surface area contributed by atoms with Crippen molar-refractivity contribution in [1.29, 1.82) is 0 Å². The molecule has 0 atom stereocenters. The molecule has 1 amide bonds. The average molecular weight is 581 g/mol. The third kappa shape index (κ3) is 4.34. The molecule has 0 bridgehead atoms. The van der Waals surface area contributed by atoms with E-state index in [1.165, 1.54) is 12.4 Å². The van der Waals surface area contributed by atoms with E-state index in [2.05, 4.69) is 30.5 Å². The predicted molar refractivity (Wildman–Crippen MR) is 147 cm³/mol. The van der Waals surface area contributed by atoms with Gasteiger partial charge in [0.2, 0.25) is 11.9 Å². The number of hydrogen-bond donors (Lipinski definition) is 1. The third-order valence-electron chi connectivity index (χ3n) is 7.34. The van der Waals surface area contributed by atoms with E-state index >= 15 is 4.39 Å². The molecule has 6 heterocycles. The fourth-order valence-electron chi connectivity index (χ4n) is 4.83. The van der Waals surface area contributed by atoms with Crippen molar-refractivity contribution in [1.82, 2.24) is 38.9 Å². The van der Waals surface area contributed by atoms with Crippen molar-refractivity contribution in [3.63, 3.8) is 0 Å². The summed E-state index contributed by atoms with van der Waals surface area (Å²) >= 11 is 6.76. The molecule has 1 aliphatic heterocycles. The summed E-state index contributed by atoms with van der Waals surface area (Å²) in [5.41, 5.74) is 1.33. The highest BCUT2D eigenvalue weighted by atomic mass is 35.5. The van der Waals surface area contributed by atoms with Gasteiger partial charge in [-0.1, -0.05) is 11.6 Å². The maximum Gasteiger partial charge on any atom is 0.231 e. The van der Waals surface area contributed by atoms with Crippen LogP contribution in [-0.2, 0) is 29.7 Å². The summed E-state index contributed by atoms with van der Waals surface area (Å²) in [4.78, 5) is 27.3. The van der Waals surface area contributed by atoms with Crippen LogP contribution in [0.4, 0.5) is 22.0 Å². The second-order valence-corrected chi connectivity index (χ2v) is 11.3. The van der Waals surface area contributed by atoms with E-state index in [0.29, 0.717) is 46.4 Å². The quantitative estimate of drug-likeness (QED) is 0.314. The number of rotatable bonds is 6. The number of aromatic nitrogens is 8. The van der Waals surface area contributed by atoms with Crippen LogP contribution in [0.3, 0.4) is 0 Å². The number of nitrogens with one attached hydrogen (secondary N) is 1. The third-order valence-corrected chi connectivity index (χ3v) is 7.70. The molecule has 0 radical (unpaired) electrons. The van der Waals surface area contributed by atoms with Crippen molar-refractivity contribution in [3.8, 4) is 11.5 Å². The summed E-state index contributed by atoms with van der Waals surface area (Å²) in [5, 5.41) is 12.0. The fraction of sp³-hybridized carbons (Fsp3) is 0.385. The summed E-state index contributed by atoms with van der Waals surface area (Å²) in [6.45, 7) is 4.41. The zero-order valence-corrected chi connectivity index (χ0v) is 23.5. The molecule has 15 heteroatoms. The molecular formula is C26H26ClFN10O3. The van der Waals surface area contributed by atoms with E-state index in [1.54, 1.807) is 45.2 Å². The Hall–Kier alpha value is -4.30. The van der Waals surface area contributed by atoms with Crippen LogP contribution in [0.2, 0.25) is 5.02 Å². The van der Waals surface area contributed by atoms with Crippen LogP contribution in [0, 0.1) is 11.7 Å². The predicted octanol–water partition coefficient (Wildman–Crippen LogP) is 4.22. The molecule has 1 fully saturated rings. The molecule has 2 aliphatic rings. The topological polar surface area (TPSA) is 130 Å². The number of nitrogens with zero attached hydrogens (tertiary/aromatic N) is 9. The van der Waals surface area contributed by atoms with Gasteiger partial charge in [-0.15, -0.1) is 0 Å². The maximum absolute atomic E-state index is 15.1. The Balaban J connectivity index is 1.16. The van der Waals surface area contributed by atoms with Crippen molar-refractivity contribution in [2.45, 2.75) is 45.4 Å². The van der Waals surface area contributed by atoms with E-state index in [4.69, 9.17) is 21.1 Å². The lowest BCUT2D eigenvalue weighted by atomic mass is 10.1. The van der Waals surface area contributed by atoms with Crippen LogP contribution in [0.5, 0.6) is 11.5 Å². The zero-order valence-electron chi connectivity index (χ0n) is 22.7. The number of carbonyl (C=O) groups excluding carboxylic acids is 1. The number of anilines is 3. The molecule has 41 heavy (non-hydrogen) atoms. The van der Waals surface area contributed by atoms with E-state index in [-0.39, 0.29) is 35.0 Å². The molecule has 0 unspecified atom stereocenters. The SMILES string of the molecule is CN(C(=O)C1CC1)c1cn2ncc(Oc3cnc4nc(Nc5nn6c(c5F)COC(C)(C)C6)n(C)c4c3Cl)c2cn1. The summed E-state index contributed by atoms with van der Waals surface area (Å²) in [6, 6.07) is 0. The van der Waals surface area contributed by atoms with Gasteiger partial charge >= 0.3 is 0 Å². The van der Waals surface area contributed by atoms with Crippen LogP contribution in [0.15, 0.2) is 24.8 Å². The molecule has 0 saturated heterocycles. The number of pyridine rings is 1. The molecule has 1 saturated carbocycles. The lowest BCUT2D eigenvalue weighted by molar-refractivity contribution is -0.119. The second-order valence-electron chi connectivity index (χ2n) is 10.9. The Kier molecular flexibility index (Phi) is 5.70. The Bertz CT molecular complexity index is 1860. The standard InChI is InChI=1S/C26H26ClFN10O3/c1-26(2)12-38-15(11-40-26)20(28)22(34-38)32-25-33-23-21(36(25)4)19(27)17(8-30-23)41-16-9-31-37-10-18(29-7-14(16)37)35(3)24(39)13-5-6-13/h7-10,13H,5-6,11-12H2,1-4H3,(H,30,32,33,34). The van der Waals surface area contributed by atoms with Gasteiger partial charge in [0, 0.05) is 20.0 Å². The van der Waals surface area contributed by atoms with Gasteiger partial charge < -0.3 is 19.4 Å². The molecule has 212 valence electrons. The number of halogens is 2. The van der Waals surface area contributed by atoms with Crippen molar-refractivity contribution in [2.75, 3.05) is 17.3 Å². The van der Waals surface area contributed by atoms with Gasteiger partial charge in [0.1, 0.15) is 21.7 Å². The summed E-state index contributed by atoms with van der Waals surface area (Å²) in [5.74, 6) is 1.14.